The Morgan fingerprint density at radius 2 is 1.28 bits per heavy atom. The van der Waals surface area contributed by atoms with E-state index >= 15 is 0 Å². The Balaban J connectivity index is 0.00000459. The summed E-state index contributed by atoms with van der Waals surface area (Å²) in [4.78, 5) is 76.5. The minimum Gasteiger partial charge on any atom is -0.465 e. The van der Waals surface area contributed by atoms with Crippen LogP contribution in [0.5, 0.6) is 0 Å². The number of halogens is 10. The molecule has 0 bridgehead atoms. The highest BCUT2D eigenvalue weighted by molar-refractivity contribution is 5.95. The number of rotatable bonds is 26. The summed E-state index contributed by atoms with van der Waals surface area (Å²) >= 11 is 0. The number of amides is 5. The molecule has 1 aliphatic carbocycles. The lowest BCUT2D eigenvalue weighted by Crippen LogP contribution is -2.50. The summed E-state index contributed by atoms with van der Waals surface area (Å²) in [6.45, 7) is 4.68. The minimum atomic E-state index is -5.15. The number of piperidine rings is 2. The van der Waals surface area contributed by atoms with E-state index < -0.39 is 64.6 Å². The number of nitrogens with zero attached hydrogens (tertiary/aromatic N) is 6. The van der Waals surface area contributed by atoms with Crippen LogP contribution in [0.4, 0.5) is 52.6 Å². The van der Waals surface area contributed by atoms with Crippen molar-refractivity contribution in [1.29, 1.82) is 0 Å². The van der Waals surface area contributed by atoms with E-state index in [9.17, 15) is 59.8 Å². The highest BCUT2D eigenvalue weighted by atomic mass is 35.5. The van der Waals surface area contributed by atoms with Gasteiger partial charge < -0.3 is 49.7 Å². The molecule has 3 saturated heterocycles. The fraction of sp³-hybridized carbons (Fsp3) is 0.438. The third-order valence-corrected chi connectivity index (χ3v) is 19.4. The van der Waals surface area contributed by atoms with Crippen LogP contribution >= 0.6 is 37.2 Å². The van der Waals surface area contributed by atoms with E-state index in [2.05, 4.69) is 32.6 Å². The molecule has 16 nitrogen and oxygen atoms in total. The van der Waals surface area contributed by atoms with E-state index in [-0.39, 0.29) is 99.1 Å². The van der Waals surface area contributed by atoms with Crippen LogP contribution in [0.2, 0.25) is 0 Å². The van der Waals surface area contributed by atoms with Gasteiger partial charge in [-0.25, -0.2) is 9.18 Å². The molecule has 3 aliphatic heterocycles. The third-order valence-electron chi connectivity index (χ3n) is 19.4. The van der Waals surface area contributed by atoms with Crippen molar-refractivity contribution in [2.24, 2.45) is 0 Å². The van der Waals surface area contributed by atoms with E-state index in [0.717, 1.165) is 78.3 Å². The molecule has 4 aliphatic rings. The van der Waals surface area contributed by atoms with E-state index in [1.165, 1.54) is 29.2 Å². The molecular formula is C73H86Cl3F7N8O8. The molecule has 99 heavy (non-hydrogen) atoms. The predicted octanol–water partition coefficient (Wildman–Crippen LogP) is 14.4. The zero-order valence-electron chi connectivity index (χ0n) is 55.3. The number of likely N-dealkylation sites (N-methyl/N-ethyl adjacent to an activating group) is 2. The van der Waals surface area contributed by atoms with Crippen LogP contribution in [0.1, 0.15) is 109 Å². The second kappa shape index (κ2) is 35.2. The molecule has 1 spiro atoms. The van der Waals surface area contributed by atoms with Crippen LogP contribution < -0.4 is 15.5 Å². The Hall–Kier alpha value is -7.51. The molecule has 2 atom stereocenters. The Labute approximate surface area is 591 Å². The number of carbonyl (C=O) groups excluding carboxylic acids is 4. The van der Waals surface area contributed by atoms with Gasteiger partial charge in [0.15, 0.2) is 0 Å². The summed E-state index contributed by atoms with van der Waals surface area (Å²) in [7, 11) is 3.52. The number of carboxylic acid groups (broad SMARTS) is 1. The lowest BCUT2D eigenvalue weighted by Gasteiger charge is -2.44. The Bertz CT molecular complexity index is 3630. The smallest absolute Gasteiger partial charge is 0.416 e. The molecule has 536 valence electrons. The summed E-state index contributed by atoms with van der Waals surface area (Å²) in [5, 5.41) is 16.7. The van der Waals surface area contributed by atoms with Crippen LogP contribution in [0.3, 0.4) is 0 Å². The van der Waals surface area contributed by atoms with Crippen LogP contribution in [0.25, 0.3) is 11.1 Å². The summed E-state index contributed by atoms with van der Waals surface area (Å²) < 4.78 is 110. The number of para-hydroxylation sites is 1. The monoisotopic (exact) mass is 1440 g/mol. The fourth-order valence-corrected chi connectivity index (χ4v) is 13.9. The summed E-state index contributed by atoms with van der Waals surface area (Å²) in [6, 6.07) is 39.1. The van der Waals surface area contributed by atoms with Gasteiger partial charge in [0.1, 0.15) is 24.8 Å². The lowest BCUT2D eigenvalue weighted by atomic mass is 9.72. The Morgan fingerprint density at radius 3 is 1.95 bits per heavy atom. The second-order valence-electron chi connectivity index (χ2n) is 25.7. The average Bonchev–Trinajstić information content (AvgIpc) is 1.63. The molecule has 3 fully saturated rings. The normalized spacial score (nSPS) is 17.7. The quantitative estimate of drug-likeness (QED) is 0.0349. The highest BCUT2D eigenvalue weighted by Gasteiger charge is 2.50. The maximum absolute atomic E-state index is 14.2. The van der Waals surface area contributed by atoms with E-state index in [4.69, 9.17) is 9.47 Å². The van der Waals surface area contributed by atoms with Gasteiger partial charge in [0.25, 0.3) is 5.91 Å². The van der Waals surface area contributed by atoms with Gasteiger partial charge in [-0.15, -0.1) is 37.2 Å². The number of benzene rings is 6. The first-order valence-electron chi connectivity index (χ1n) is 32.9. The number of hydrogen-bond acceptors (Lipinski definition) is 10. The van der Waals surface area contributed by atoms with Gasteiger partial charge in [0.2, 0.25) is 17.7 Å². The highest BCUT2D eigenvalue weighted by Crippen LogP contribution is 2.49. The maximum atomic E-state index is 14.2. The lowest BCUT2D eigenvalue weighted by molar-refractivity contribution is -0.143. The van der Waals surface area contributed by atoms with Crippen LogP contribution in [-0.2, 0) is 53.6 Å². The van der Waals surface area contributed by atoms with Crippen LogP contribution in [0.15, 0.2) is 146 Å². The van der Waals surface area contributed by atoms with Crippen molar-refractivity contribution in [3.63, 3.8) is 0 Å². The maximum Gasteiger partial charge on any atom is 0.416 e. The number of likely N-dealkylation sites (tertiary alicyclic amines) is 2. The van der Waals surface area contributed by atoms with Gasteiger partial charge >= 0.3 is 18.4 Å². The zero-order chi connectivity index (χ0) is 68.2. The number of anilines is 3. The number of unbranched alkanes of at least 4 members (excludes halogenated alkanes) is 2. The average molecular weight is 1440 g/mol. The molecule has 0 aromatic heterocycles. The second-order valence-corrected chi connectivity index (χ2v) is 25.7. The summed E-state index contributed by atoms with van der Waals surface area (Å²) in [5.74, 6) is -1.92. The first kappa shape index (κ1) is 78.8. The van der Waals surface area contributed by atoms with Crippen molar-refractivity contribution in [3.05, 3.63) is 185 Å². The number of carbonyl (C=O) groups is 5. The van der Waals surface area contributed by atoms with E-state index in [0.29, 0.717) is 107 Å². The molecular weight excluding hydrogens is 1360 g/mol. The molecule has 3 N–H and O–H groups in total. The van der Waals surface area contributed by atoms with Gasteiger partial charge in [0, 0.05) is 107 Å². The Morgan fingerprint density at radius 1 is 0.667 bits per heavy atom. The van der Waals surface area contributed by atoms with Crippen molar-refractivity contribution in [2.45, 2.75) is 113 Å². The van der Waals surface area contributed by atoms with Gasteiger partial charge in [-0.3, -0.25) is 24.1 Å². The number of fused-ring (bicyclic) bond motifs is 2. The van der Waals surface area contributed by atoms with E-state index in [1.54, 1.807) is 16.8 Å². The van der Waals surface area contributed by atoms with Crippen molar-refractivity contribution in [3.8, 4) is 11.1 Å². The van der Waals surface area contributed by atoms with Gasteiger partial charge in [-0.1, -0.05) is 91.3 Å². The minimum absolute atomic E-state index is 0. The molecule has 3 heterocycles. The molecule has 6 aromatic rings. The Kier molecular flexibility index (Phi) is 28.0. The molecule has 0 saturated carbocycles. The number of alkyl halides is 6. The first-order valence-corrected chi connectivity index (χ1v) is 32.9. The summed E-state index contributed by atoms with van der Waals surface area (Å²) in [6.07, 6.45) is -4.39. The van der Waals surface area contributed by atoms with Crippen LogP contribution in [0, 0.1) is 5.82 Å². The molecule has 26 heteroatoms. The summed E-state index contributed by atoms with van der Waals surface area (Å²) in [5.41, 5.74) is 1.18. The molecule has 10 rings (SSSR count). The number of nitrogens with one attached hydrogen (secondary N) is 2. The SMILES string of the molecule is CN(CCN1CCC(N(C(=O)O)c2ccccc2-c2ccccc2)CC1)C(=O)CCCCCNc1ccc(NC(=O)CCCN(C)C(=O)CO[C@H]2Cc3ccccc3C23CCN(CC[C@]2(c4ccc(F)cc4)CN(C(=O)c4cc(C(F)(F)F)cc(C(F)(F)F)c4)CO2)CC3)cc1.Cl.Cl.Cl. The zero-order valence-corrected chi connectivity index (χ0v) is 57.8. The fourth-order valence-electron chi connectivity index (χ4n) is 13.9. The van der Waals surface area contributed by atoms with Gasteiger partial charge in [0.05, 0.1) is 29.5 Å². The van der Waals surface area contributed by atoms with Crippen molar-refractivity contribution < 1.29 is 69.3 Å². The van der Waals surface area contributed by atoms with Crippen molar-refractivity contribution in [2.75, 3.05) is 108 Å². The van der Waals surface area contributed by atoms with Gasteiger partial charge in [-0.05, 0) is 154 Å². The number of hydrogen-bond donors (Lipinski definition) is 3. The standard InChI is InChI=1S/C73H83F7N8O8.3ClH/c1-83(36-13-20-65(89)82-59-28-26-58(27-29-59)81-35-12-4-7-21-66(90)84(2)42-43-85-37-30-60(31-38-85)88(69(93)94)63-19-11-9-17-61(63)51-14-5-3-6-15-51)67(91)48-95-64-46-52-16-8-10-18-62(52)70(64)32-39-86(40-33-70)41-34-71(54-22-24-57(74)25-23-54)49-87(50-96-71)68(92)53-44-55(72(75,76)77)47-56(45-53)73(78,79)80;;;/h3,5-6,8-11,14-19,22-29,44-45,47,60,64,81H,4,7,12-13,20-21,30-43,46,48-50H2,1-2H3,(H,82,89)(H,93,94);3*1H/t64-,71+;;;/m0.../s1. The molecule has 5 amide bonds. The van der Waals surface area contributed by atoms with Crippen molar-refractivity contribution in [1.82, 2.24) is 24.5 Å². The molecule has 0 unspecified atom stereocenters. The van der Waals surface area contributed by atoms with Gasteiger partial charge in [-0.2, -0.15) is 26.3 Å². The molecule has 6 aromatic carbocycles. The largest absolute Gasteiger partial charge is 0.465 e. The molecule has 0 radical (unpaired) electrons. The van der Waals surface area contributed by atoms with E-state index in [1.807, 2.05) is 98.0 Å². The number of ether oxygens (including phenoxy) is 2. The predicted molar refractivity (Wildman–Crippen MR) is 373 cm³/mol. The topological polar surface area (TPSA) is 168 Å². The van der Waals surface area contributed by atoms with Crippen LogP contribution in [-0.4, -0.2) is 164 Å². The van der Waals surface area contributed by atoms with Crippen molar-refractivity contribution >= 4 is 84.0 Å². The first-order chi connectivity index (χ1) is 46.0. The third kappa shape index (κ3) is 19.9.